The Balaban J connectivity index is 1.64. The van der Waals surface area contributed by atoms with Crippen LogP contribution in [0.5, 0.6) is 0 Å². The van der Waals surface area contributed by atoms with Gasteiger partial charge < -0.3 is 10.6 Å². The van der Waals surface area contributed by atoms with Crippen molar-refractivity contribution in [1.82, 2.24) is 10.6 Å². The lowest BCUT2D eigenvalue weighted by Crippen LogP contribution is -2.52. The fraction of sp³-hybridized carbons (Fsp3) is 0.278. The average Bonchev–Trinajstić information content (AvgIpc) is 3.01. The first-order valence-electron chi connectivity index (χ1n) is 7.69. The van der Waals surface area contributed by atoms with E-state index in [0.29, 0.717) is 25.1 Å². The lowest BCUT2D eigenvalue weighted by atomic mass is 10.0. The molecule has 1 unspecified atom stereocenters. The zero-order valence-electron chi connectivity index (χ0n) is 13.0. The predicted octanol–water partition coefficient (Wildman–Crippen LogP) is 2.06. The van der Waals surface area contributed by atoms with Crippen molar-refractivity contribution in [3.05, 3.63) is 46.8 Å². The molecule has 1 atom stereocenters. The first kappa shape index (κ1) is 16.2. The normalized spacial score (nSPS) is 14.9. The van der Waals surface area contributed by atoms with Crippen molar-refractivity contribution >= 4 is 17.2 Å². The number of hydrogen-bond donors (Lipinski definition) is 2. The number of benzene rings is 1. The van der Waals surface area contributed by atoms with E-state index in [9.17, 15) is 10.1 Å². The summed E-state index contributed by atoms with van der Waals surface area (Å²) in [6, 6.07) is 15.2. The van der Waals surface area contributed by atoms with E-state index >= 15 is 0 Å². The lowest BCUT2D eigenvalue weighted by Gasteiger charge is -2.26. The summed E-state index contributed by atoms with van der Waals surface area (Å²) in [6.45, 7) is 1.37. The average molecular weight is 336 g/mol. The van der Waals surface area contributed by atoms with E-state index in [4.69, 9.17) is 5.26 Å². The lowest BCUT2D eigenvalue weighted by molar-refractivity contribution is -0.126. The first-order valence-corrected chi connectivity index (χ1v) is 8.51. The van der Waals surface area contributed by atoms with Crippen molar-refractivity contribution in [3.8, 4) is 22.6 Å². The molecule has 24 heavy (non-hydrogen) atoms. The Morgan fingerprint density at radius 1 is 1.25 bits per heavy atom. The van der Waals surface area contributed by atoms with E-state index in [1.54, 1.807) is 23.5 Å². The monoisotopic (exact) mass is 336 g/mol. The molecule has 3 rings (SSSR count). The molecule has 1 aromatic carbocycles. The second kappa shape index (κ2) is 7.27. The third kappa shape index (κ3) is 3.62. The van der Waals surface area contributed by atoms with E-state index < -0.39 is 6.04 Å². The van der Waals surface area contributed by atoms with E-state index in [0.717, 1.165) is 15.3 Å². The molecule has 1 aliphatic rings. The van der Waals surface area contributed by atoms with Crippen LogP contribution in [0.1, 0.15) is 10.4 Å². The smallest absolute Gasteiger partial charge is 0.226 e. The van der Waals surface area contributed by atoms with Gasteiger partial charge in [-0.25, -0.2) is 0 Å². The van der Waals surface area contributed by atoms with Gasteiger partial charge in [-0.15, -0.1) is 11.3 Å². The van der Waals surface area contributed by atoms with Crippen molar-refractivity contribution in [3.63, 3.8) is 0 Å². The van der Waals surface area contributed by atoms with E-state index in [-0.39, 0.29) is 11.8 Å². The molecule has 0 bridgehead atoms. The standard InChI is InChI=1S/C18H16N4OS/c19-8-12-1-3-13(4-2-12)17-6-5-16(24-17)7-15(9-20)22-18(23)14-10-21-11-14/h1-6,14-15,21H,7,10-11H2,(H,22,23). The second-order valence-corrected chi connectivity index (χ2v) is 6.87. The number of amides is 1. The molecule has 1 aromatic heterocycles. The second-order valence-electron chi connectivity index (χ2n) is 5.70. The Morgan fingerprint density at radius 3 is 2.58 bits per heavy atom. The van der Waals surface area contributed by atoms with Crippen LogP contribution in [0.25, 0.3) is 10.4 Å². The highest BCUT2D eigenvalue weighted by atomic mass is 32.1. The molecular formula is C18H16N4OS. The Morgan fingerprint density at radius 2 is 2.00 bits per heavy atom. The zero-order valence-corrected chi connectivity index (χ0v) is 13.8. The minimum atomic E-state index is -0.509. The van der Waals surface area contributed by atoms with Gasteiger partial charge >= 0.3 is 0 Å². The maximum Gasteiger partial charge on any atom is 0.226 e. The Hall–Kier alpha value is -2.67. The molecular weight excluding hydrogens is 320 g/mol. The number of nitrogens with one attached hydrogen (secondary N) is 2. The van der Waals surface area contributed by atoms with Crippen molar-refractivity contribution in [2.24, 2.45) is 5.92 Å². The minimum absolute atomic E-state index is 0.0154. The zero-order chi connectivity index (χ0) is 16.9. The molecule has 0 spiro atoms. The van der Waals surface area contributed by atoms with Crippen LogP contribution in [0, 0.1) is 28.6 Å². The maximum atomic E-state index is 11.9. The van der Waals surface area contributed by atoms with Gasteiger partial charge in [-0.2, -0.15) is 10.5 Å². The van der Waals surface area contributed by atoms with Gasteiger partial charge in [0.25, 0.3) is 0 Å². The topological polar surface area (TPSA) is 88.7 Å². The van der Waals surface area contributed by atoms with Gasteiger partial charge in [-0.1, -0.05) is 12.1 Å². The summed E-state index contributed by atoms with van der Waals surface area (Å²) in [7, 11) is 0. The van der Waals surface area contributed by atoms with Gasteiger partial charge in [0, 0.05) is 29.3 Å². The van der Waals surface area contributed by atoms with Gasteiger partial charge in [0.1, 0.15) is 6.04 Å². The predicted molar refractivity (Wildman–Crippen MR) is 92.1 cm³/mol. The van der Waals surface area contributed by atoms with E-state index in [2.05, 4.69) is 22.8 Å². The molecule has 5 nitrogen and oxygen atoms in total. The van der Waals surface area contributed by atoms with Gasteiger partial charge in [0.15, 0.2) is 0 Å². The Bertz CT molecular complexity index is 809. The summed E-state index contributed by atoms with van der Waals surface area (Å²) in [5.74, 6) is -0.0671. The van der Waals surface area contributed by atoms with Gasteiger partial charge in [0.2, 0.25) is 5.91 Å². The summed E-state index contributed by atoms with van der Waals surface area (Å²) in [5.41, 5.74) is 1.68. The number of carbonyl (C=O) groups is 1. The number of nitrogens with zero attached hydrogens (tertiary/aromatic N) is 2. The van der Waals surface area contributed by atoms with E-state index in [1.807, 2.05) is 24.3 Å². The summed E-state index contributed by atoms with van der Waals surface area (Å²) in [4.78, 5) is 14.1. The maximum absolute atomic E-state index is 11.9. The molecule has 6 heteroatoms. The SMILES string of the molecule is N#Cc1ccc(-c2ccc(CC(C#N)NC(=O)C3CNC3)s2)cc1. The summed E-state index contributed by atoms with van der Waals surface area (Å²) in [5, 5.41) is 24.0. The van der Waals surface area contributed by atoms with Crippen LogP contribution in [0.2, 0.25) is 0 Å². The number of rotatable bonds is 5. The van der Waals surface area contributed by atoms with Gasteiger partial charge in [0.05, 0.1) is 23.6 Å². The van der Waals surface area contributed by atoms with Crippen LogP contribution in [0.4, 0.5) is 0 Å². The summed E-state index contributed by atoms with van der Waals surface area (Å²) >= 11 is 1.60. The molecule has 1 fully saturated rings. The van der Waals surface area contributed by atoms with Crippen LogP contribution in [-0.2, 0) is 11.2 Å². The van der Waals surface area contributed by atoms with Crippen molar-refractivity contribution < 1.29 is 4.79 Å². The molecule has 0 aliphatic carbocycles. The van der Waals surface area contributed by atoms with Crippen LogP contribution >= 0.6 is 11.3 Å². The van der Waals surface area contributed by atoms with Crippen molar-refractivity contribution in [1.29, 1.82) is 10.5 Å². The number of nitriles is 2. The fourth-order valence-electron chi connectivity index (χ4n) is 2.45. The molecule has 2 heterocycles. The third-order valence-electron chi connectivity index (χ3n) is 3.99. The molecule has 0 saturated carbocycles. The Kier molecular flexibility index (Phi) is 4.90. The van der Waals surface area contributed by atoms with Gasteiger partial charge in [-0.05, 0) is 29.8 Å². The highest BCUT2D eigenvalue weighted by Crippen LogP contribution is 2.29. The summed E-state index contributed by atoms with van der Waals surface area (Å²) in [6.07, 6.45) is 0.503. The number of carbonyl (C=O) groups excluding carboxylic acids is 1. The Labute approximate surface area is 144 Å². The van der Waals surface area contributed by atoms with Crippen LogP contribution < -0.4 is 10.6 Å². The van der Waals surface area contributed by atoms with E-state index in [1.165, 1.54) is 0 Å². The first-order chi connectivity index (χ1) is 11.7. The van der Waals surface area contributed by atoms with Gasteiger partial charge in [-0.3, -0.25) is 4.79 Å². The largest absolute Gasteiger partial charge is 0.340 e. The molecule has 120 valence electrons. The molecule has 0 radical (unpaired) electrons. The number of thiophene rings is 1. The highest BCUT2D eigenvalue weighted by molar-refractivity contribution is 7.15. The fourth-order valence-corrected chi connectivity index (χ4v) is 3.50. The molecule has 1 saturated heterocycles. The highest BCUT2D eigenvalue weighted by Gasteiger charge is 2.26. The quantitative estimate of drug-likeness (QED) is 0.875. The number of hydrogen-bond acceptors (Lipinski definition) is 5. The van der Waals surface area contributed by atoms with Crippen LogP contribution in [0.3, 0.4) is 0 Å². The van der Waals surface area contributed by atoms with Crippen LogP contribution in [-0.4, -0.2) is 25.0 Å². The summed E-state index contributed by atoms with van der Waals surface area (Å²) < 4.78 is 0. The third-order valence-corrected chi connectivity index (χ3v) is 5.15. The molecule has 1 aliphatic heterocycles. The molecule has 2 aromatic rings. The molecule has 1 amide bonds. The van der Waals surface area contributed by atoms with Crippen molar-refractivity contribution in [2.75, 3.05) is 13.1 Å². The van der Waals surface area contributed by atoms with Crippen LogP contribution in [0.15, 0.2) is 36.4 Å². The minimum Gasteiger partial charge on any atom is -0.340 e. The molecule has 2 N–H and O–H groups in total. The van der Waals surface area contributed by atoms with Crippen molar-refractivity contribution in [2.45, 2.75) is 12.5 Å².